The molecule has 0 spiro atoms. The number of nitrogens with zero attached hydrogens (tertiary/aromatic N) is 1. The molecule has 1 aromatic rings. The first kappa shape index (κ1) is 17.7. The van der Waals surface area contributed by atoms with Crippen LogP contribution < -0.4 is 0 Å². The molecule has 0 fully saturated rings. The van der Waals surface area contributed by atoms with Crippen LogP contribution in [0, 0.1) is 5.92 Å². The number of benzene rings is 1. The van der Waals surface area contributed by atoms with Crippen molar-refractivity contribution in [2.45, 2.75) is 45.1 Å². The summed E-state index contributed by atoms with van der Waals surface area (Å²) in [5.74, 6) is -0.254. The molecule has 4 nitrogen and oxygen atoms in total. The number of rotatable bonds is 8. The van der Waals surface area contributed by atoms with Crippen LogP contribution in [0.1, 0.15) is 44.6 Å². The molecule has 0 radical (unpaired) electrons. The van der Waals surface area contributed by atoms with Gasteiger partial charge in [-0.2, -0.15) is 0 Å². The number of carbonyl (C=O) groups excluding carboxylic acids is 1. The van der Waals surface area contributed by atoms with E-state index in [1.165, 1.54) is 12.2 Å². The number of aliphatic hydroxyl groups excluding tert-OH is 1. The van der Waals surface area contributed by atoms with E-state index in [-0.39, 0.29) is 17.7 Å². The average molecular weight is 293 g/mol. The van der Waals surface area contributed by atoms with Crippen molar-refractivity contribution in [1.29, 1.82) is 0 Å². The van der Waals surface area contributed by atoms with Crippen LogP contribution in [-0.2, 0) is 9.63 Å². The third kappa shape index (κ3) is 5.14. The number of hydroxylamine groups is 2. The Morgan fingerprint density at radius 3 is 2.43 bits per heavy atom. The summed E-state index contributed by atoms with van der Waals surface area (Å²) in [6, 6.07) is 9.75. The van der Waals surface area contributed by atoms with Crippen molar-refractivity contribution in [2.24, 2.45) is 5.92 Å². The lowest BCUT2D eigenvalue weighted by Gasteiger charge is -2.30. The third-order valence-electron chi connectivity index (χ3n) is 3.78. The minimum Gasteiger partial charge on any atom is -0.393 e. The van der Waals surface area contributed by atoms with Crippen molar-refractivity contribution in [1.82, 2.24) is 5.06 Å². The standard InChI is InChI=1S/C17H27NO3/c1-5-9-15(12-13(2)19)16(17(20)18(3)21-4)14-10-7-6-8-11-14/h6-8,10-11,13,15-16,19H,5,9,12H2,1-4H3/t13-,15-,16+/m0/s1. The summed E-state index contributed by atoms with van der Waals surface area (Å²) in [6.45, 7) is 3.87. The fraction of sp³-hybridized carbons (Fsp3) is 0.588. The molecular formula is C17H27NO3. The fourth-order valence-corrected chi connectivity index (χ4v) is 2.79. The maximum Gasteiger partial charge on any atom is 0.253 e. The highest BCUT2D eigenvalue weighted by Crippen LogP contribution is 2.33. The van der Waals surface area contributed by atoms with Gasteiger partial charge in [0.1, 0.15) is 0 Å². The van der Waals surface area contributed by atoms with Crippen molar-refractivity contribution in [3.8, 4) is 0 Å². The Morgan fingerprint density at radius 2 is 1.95 bits per heavy atom. The molecule has 0 aromatic heterocycles. The van der Waals surface area contributed by atoms with Crippen LogP contribution in [0.4, 0.5) is 0 Å². The zero-order chi connectivity index (χ0) is 15.8. The van der Waals surface area contributed by atoms with Gasteiger partial charge in [0.15, 0.2) is 0 Å². The molecule has 0 aliphatic rings. The monoisotopic (exact) mass is 293 g/mol. The molecule has 21 heavy (non-hydrogen) atoms. The Kier molecular flexibility index (Phi) is 7.40. The summed E-state index contributed by atoms with van der Waals surface area (Å²) in [5, 5.41) is 11.0. The molecule has 1 aromatic carbocycles. The first-order valence-corrected chi connectivity index (χ1v) is 7.55. The Hall–Kier alpha value is -1.39. The molecule has 1 amide bonds. The number of amides is 1. The Balaban J connectivity index is 3.12. The van der Waals surface area contributed by atoms with Crippen LogP contribution in [0.3, 0.4) is 0 Å². The smallest absolute Gasteiger partial charge is 0.253 e. The summed E-state index contributed by atoms with van der Waals surface area (Å²) in [5.41, 5.74) is 0.977. The van der Waals surface area contributed by atoms with Crippen molar-refractivity contribution < 1.29 is 14.7 Å². The Morgan fingerprint density at radius 1 is 1.33 bits per heavy atom. The molecule has 0 saturated heterocycles. The van der Waals surface area contributed by atoms with Crippen LogP contribution in [0.25, 0.3) is 0 Å². The number of likely N-dealkylation sites (N-methyl/N-ethyl adjacent to an activating group) is 1. The van der Waals surface area contributed by atoms with Gasteiger partial charge in [0.25, 0.3) is 5.91 Å². The predicted octanol–water partition coefficient (Wildman–Crippen LogP) is 2.98. The molecule has 0 saturated carbocycles. The number of hydrogen-bond acceptors (Lipinski definition) is 3. The van der Waals surface area contributed by atoms with Gasteiger partial charge in [0, 0.05) is 7.05 Å². The maximum absolute atomic E-state index is 12.7. The van der Waals surface area contributed by atoms with Crippen molar-refractivity contribution in [3.05, 3.63) is 35.9 Å². The van der Waals surface area contributed by atoms with E-state index in [9.17, 15) is 9.90 Å². The number of carbonyl (C=O) groups is 1. The normalized spacial score (nSPS) is 15.3. The molecule has 0 heterocycles. The minimum atomic E-state index is -0.423. The van der Waals surface area contributed by atoms with E-state index in [1.54, 1.807) is 14.0 Å². The van der Waals surface area contributed by atoms with Crippen molar-refractivity contribution in [3.63, 3.8) is 0 Å². The van der Waals surface area contributed by atoms with Gasteiger partial charge in [0.2, 0.25) is 0 Å². The second kappa shape index (κ2) is 8.80. The molecule has 0 aliphatic heterocycles. The van der Waals surface area contributed by atoms with E-state index in [1.807, 2.05) is 30.3 Å². The third-order valence-corrected chi connectivity index (χ3v) is 3.78. The highest BCUT2D eigenvalue weighted by molar-refractivity contribution is 5.83. The van der Waals surface area contributed by atoms with Gasteiger partial charge in [-0.05, 0) is 31.2 Å². The van der Waals surface area contributed by atoms with Gasteiger partial charge in [-0.1, -0.05) is 43.7 Å². The summed E-state index contributed by atoms with van der Waals surface area (Å²) in [6.07, 6.45) is 2.06. The number of hydrogen-bond donors (Lipinski definition) is 1. The minimum absolute atomic E-state index is 0.0669. The van der Waals surface area contributed by atoms with Crippen molar-refractivity contribution >= 4 is 5.91 Å². The molecule has 118 valence electrons. The maximum atomic E-state index is 12.7. The predicted molar refractivity (Wildman–Crippen MR) is 83.7 cm³/mol. The Labute approximate surface area is 127 Å². The van der Waals surface area contributed by atoms with E-state index < -0.39 is 6.10 Å². The van der Waals surface area contributed by atoms with E-state index >= 15 is 0 Å². The van der Waals surface area contributed by atoms with Crippen molar-refractivity contribution in [2.75, 3.05) is 14.2 Å². The highest BCUT2D eigenvalue weighted by atomic mass is 16.7. The van der Waals surface area contributed by atoms with E-state index in [4.69, 9.17) is 4.84 Å². The second-order valence-electron chi connectivity index (χ2n) is 5.54. The Bertz CT molecular complexity index is 419. The first-order chi connectivity index (χ1) is 10.0. The molecule has 4 heteroatoms. The molecule has 0 aliphatic carbocycles. The van der Waals surface area contributed by atoms with Gasteiger partial charge >= 0.3 is 0 Å². The molecule has 3 atom stereocenters. The van der Waals surface area contributed by atoms with Crippen LogP contribution in [-0.4, -0.2) is 36.3 Å². The quantitative estimate of drug-likeness (QED) is 0.750. The van der Waals surface area contributed by atoms with Gasteiger partial charge in [-0.25, -0.2) is 5.06 Å². The lowest BCUT2D eigenvalue weighted by atomic mass is 9.79. The SMILES string of the molecule is CCC[C@@H](C[C@H](C)O)[C@H](C(=O)N(C)OC)c1ccccc1. The van der Waals surface area contributed by atoms with E-state index in [0.717, 1.165) is 18.4 Å². The molecule has 0 bridgehead atoms. The zero-order valence-electron chi connectivity index (χ0n) is 13.5. The number of aliphatic hydroxyl groups is 1. The largest absolute Gasteiger partial charge is 0.393 e. The molecule has 1 rings (SSSR count). The van der Waals surface area contributed by atoms with E-state index in [0.29, 0.717) is 6.42 Å². The first-order valence-electron chi connectivity index (χ1n) is 7.55. The van der Waals surface area contributed by atoms with Gasteiger partial charge < -0.3 is 5.11 Å². The van der Waals surface area contributed by atoms with Crippen LogP contribution in [0.15, 0.2) is 30.3 Å². The van der Waals surface area contributed by atoms with Gasteiger partial charge in [-0.3, -0.25) is 9.63 Å². The van der Waals surface area contributed by atoms with Crippen LogP contribution in [0.5, 0.6) is 0 Å². The second-order valence-corrected chi connectivity index (χ2v) is 5.54. The van der Waals surface area contributed by atoms with Gasteiger partial charge in [-0.15, -0.1) is 0 Å². The van der Waals surface area contributed by atoms with Gasteiger partial charge in [0.05, 0.1) is 19.1 Å². The lowest BCUT2D eigenvalue weighted by molar-refractivity contribution is -0.172. The zero-order valence-corrected chi connectivity index (χ0v) is 13.5. The molecular weight excluding hydrogens is 266 g/mol. The lowest BCUT2D eigenvalue weighted by Crippen LogP contribution is -2.35. The van der Waals surface area contributed by atoms with Crippen LogP contribution >= 0.6 is 0 Å². The highest BCUT2D eigenvalue weighted by Gasteiger charge is 2.32. The average Bonchev–Trinajstić information content (AvgIpc) is 2.47. The molecule has 1 N–H and O–H groups in total. The summed E-state index contributed by atoms with van der Waals surface area (Å²) in [4.78, 5) is 17.8. The molecule has 0 unspecified atom stereocenters. The topological polar surface area (TPSA) is 49.8 Å². The van der Waals surface area contributed by atoms with E-state index in [2.05, 4.69) is 6.92 Å². The van der Waals surface area contributed by atoms with Crippen LogP contribution in [0.2, 0.25) is 0 Å². The summed E-state index contributed by atoms with van der Waals surface area (Å²) >= 11 is 0. The summed E-state index contributed by atoms with van der Waals surface area (Å²) < 4.78 is 0. The summed E-state index contributed by atoms with van der Waals surface area (Å²) in [7, 11) is 3.12. The fourth-order valence-electron chi connectivity index (χ4n) is 2.79.